The van der Waals surface area contributed by atoms with Crippen LogP contribution in [0, 0.1) is 0 Å². The number of H-pyrrole nitrogens is 1. The minimum absolute atomic E-state index is 0.162. The average Bonchev–Trinajstić information content (AvgIpc) is 3.37. The highest BCUT2D eigenvalue weighted by Crippen LogP contribution is 2.17. The Morgan fingerprint density at radius 3 is 2.63 bits per heavy atom. The number of carbonyl (C=O) groups excluding carboxylic acids is 2. The lowest BCUT2D eigenvalue weighted by molar-refractivity contribution is -0.121. The molecule has 0 spiro atoms. The minimum atomic E-state index is -0.396. The largest absolute Gasteiger partial charge is 0.361 e. The van der Waals surface area contributed by atoms with Gasteiger partial charge < -0.3 is 4.98 Å². The number of hydrogen-bond donors (Lipinski definition) is 3. The molecular weight excluding hydrogens is 344 g/mol. The van der Waals surface area contributed by atoms with Gasteiger partial charge in [0.15, 0.2) is 0 Å². The van der Waals surface area contributed by atoms with Gasteiger partial charge in [0, 0.05) is 22.7 Å². The molecule has 0 aliphatic rings. The van der Waals surface area contributed by atoms with Crippen molar-refractivity contribution in [1.82, 2.24) is 30.6 Å². The Hall–Kier alpha value is -3.94. The first kappa shape index (κ1) is 16.5. The van der Waals surface area contributed by atoms with E-state index in [0.717, 1.165) is 22.2 Å². The molecule has 2 aromatic heterocycles. The Morgan fingerprint density at radius 1 is 1.04 bits per heavy atom. The molecule has 0 saturated carbocycles. The van der Waals surface area contributed by atoms with Crippen molar-refractivity contribution < 1.29 is 9.59 Å². The van der Waals surface area contributed by atoms with E-state index in [1.165, 1.54) is 6.33 Å². The van der Waals surface area contributed by atoms with Crippen LogP contribution in [-0.4, -0.2) is 31.6 Å². The van der Waals surface area contributed by atoms with Crippen molar-refractivity contribution in [2.24, 2.45) is 0 Å². The maximum absolute atomic E-state index is 12.2. The van der Waals surface area contributed by atoms with E-state index in [4.69, 9.17) is 0 Å². The van der Waals surface area contributed by atoms with E-state index in [-0.39, 0.29) is 12.3 Å². The van der Waals surface area contributed by atoms with Crippen LogP contribution in [0.2, 0.25) is 0 Å². The van der Waals surface area contributed by atoms with Gasteiger partial charge in [-0.3, -0.25) is 20.4 Å². The Bertz CT molecular complexity index is 1080. The van der Waals surface area contributed by atoms with Crippen molar-refractivity contribution in [3.05, 3.63) is 78.5 Å². The molecule has 2 aromatic carbocycles. The van der Waals surface area contributed by atoms with Crippen molar-refractivity contribution >= 4 is 22.7 Å². The zero-order chi connectivity index (χ0) is 18.6. The van der Waals surface area contributed by atoms with E-state index < -0.39 is 5.91 Å². The molecule has 0 fully saturated rings. The van der Waals surface area contributed by atoms with Gasteiger partial charge >= 0.3 is 0 Å². The summed E-state index contributed by atoms with van der Waals surface area (Å²) < 4.78 is 1.59. The van der Waals surface area contributed by atoms with E-state index in [0.29, 0.717) is 5.56 Å². The van der Waals surface area contributed by atoms with Crippen molar-refractivity contribution in [3.63, 3.8) is 0 Å². The number of hydrazine groups is 1. The molecule has 3 N–H and O–H groups in total. The van der Waals surface area contributed by atoms with Gasteiger partial charge in [0.2, 0.25) is 5.91 Å². The van der Waals surface area contributed by atoms with Crippen LogP contribution in [0.1, 0.15) is 15.9 Å². The Balaban J connectivity index is 1.35. The lowest BCUT2D eigenvalue weighted by Gasteiger charge is -2.08. The highest BCUT2D eigenvalue weighted by atomic mass is 16.2. The van der Waals surface area contributed by atoms with Crippen molar-refractivity contribution in [2.75, 3.05) is 0 Å². The SMILES string of the molecule is O=C(Cc1c[nH]c2ccccc12)NNC(=O)c1ccc(-n2cncn2)cc1. The molecule has 0 aliphatic carbocycles. The summed E-state index contributed by atoms with van der Waals surface area (Å²) in [6.45, 7) is 0. The molecule has 134 valence electrons. The average molecular weight is 360 g/mol. The molecule has 4 rings (SSSR count). The van der Waals surface area contributed by atoms with Crippen LogP contribution in [0.3, 0.4) is 0 Å². The van der Waals surface area contributed by atoms with Gasteiger partial charge in [0.05, 0.1) is 12.1 Å². The Labute approximate surface area is 154 Å². The van der Waals surface area contributed by atoms with E-state index >= 15 is 0 Å². The van der Waals surface area contributed by atoms with Crippen LogP contribution >= 0.6 is 0 Å². The number of hydrogen-bond acceptors (Lipinski definition) is 4. The topological polar surface area (TPSA) is 105 Å². The van der Waals surface area contributed by atoms with Crippen LogP contribution in [0.4, 0.5) is 0 Å². The van der Waals surface area contributed by atoms with E-state index in [1.54, 1.807) is 41.5 Å². The smallest absolute Gasteiger partial charge is 0.269 e. The Morgan fingerprint density at radius 2 is 1.85 bits per heavy atom. The fraction of sp³-hybridized carbons (Fsp3) is 0.0526. The number of benzene rings is 2. The number of para-hydroxylation sites is 1. The zero-order valence-electron chi connectivity index (χ0n) is 14.2. The fourth-order valence-corrected chi connectivity index (χ4v) is 2.80. The normalized spacial score (nSPS) is 10.7. The summed E-state index contributed by atoms with van der Waals surface area (Å²) in [7, 11) is 0. The first-order chi connectivity index (χ1) is 13.2. The molecule has 0 unspecified atom stereocenters. The number of nitrogens with zero attached hydrogens (tertiary/aromatic N) is 3. The molecule has 0 atom stereocenters. The summed E-state index contributed by atoms with van der Waals surface area (Å²) in [5, 5.41) is 5.01. The zero-order valence-corrected chi connectivity index (χ0v) is 14.2. The molecule has 0 aliphatic heterocycles. The second-order valence-electron chi connectivity index (χ2n) is 5.93. The van der Waals surface area contributed by atoms with E-state index in [9.17, 15) is 9.59 Å². The van der Waals surface area contributed by atoms with Gasteiger partial charge in [-0.25, -0.2) is 9.67 Å². The first-order valence-corrected chi connectivity index (χ1v) is 8.30. The highest BCUT2D eigenvalue weighted by Gasteiger charge is 2.11. The number of nitrogens with one attached hydrogen (secondary N) is 3. The molecule has 27 heavy (non-hydrogen) atoms. The minimum Gasteiger partial charge on any atom is -0.361 e. The maximum Gasteiger partial charge on any atom is 0.269 e. The second-order valence-corrected chi connectivity index (χ2v) is 5.93. The molecule has 4 aromatic rings. The van der Waals surface area contributed by atoms with Crippen molar-refractivity contribution in [2.45, 2.75) is 6.42 Å². The molecular formula is C19H16N6O2. The maximum atomic E-state index is 12.2. The third-order valence-electron chi connectivity index (χ3n) is 4.15. The number of aromatic amines is 1. The number of aromatic nitrogens is 4. The molecule has 2 heterocycles. The number of carbonyl (C=O) groups is 2. The summed E-state index contributed by atoms with van der Waals surface area (Å²) in [6.07, 6.45) is 4.97. The summed E-state index contributed by atoms with van der Waals surface area (Å²) in [6, 6.07) is 14.5. The number of fused-ring (bicyclic) bond motifs is 1. The van der Waals surface area contributed by atoms with Crippen LogP contribution in [0.5, 0.6) is 0 Å². The quantitative estimate of drug-likeness (QED) is 0.482. The molecule has 0 saturated heterocycles. The molecule has 8 nitrogen and oxygen atoms in total. The fourth-order valence-electron chi connectivity index (χ4n) is 2.80. The first-order valence-electron chi connectivity index (χ1n) is 8.30. The standard InChI is InChI=1S/C19H16N6O2/c26-18(9-14-10-21-17-4-2-1-3-16(14)17)23-24-19(27)13-5-7-15(8-6-13)25-12-20-11-22-25/h1-8,10-12,21H,9H2,(H,23,26)(H,24,27). The van der Waals surface area contributed by atoms with E-state index in [1.807, 2.05) is 24.3 Å². The lowest BCUT2D eigenvalue weighted by atomic mass is 10.1. The highest BCUT2D eigenvalue weighted by molar-refractivity contribution is 5.96. The van der Waals surface area contributed by atoms with Crippen LogP contribution in [0.15, 0.2) is 67.4 Å². The predicted octanol–water partition coefficient (Wildman–Crippen LogP) is 1.75. The van der Waals surface area contributed by atoms with Crippen LogP contribution in [-0.2, 0) is 11.2 Å². The number of rotatable bonds is 4. The van der Waals surface area contributed by atoms with Gasteiger partial charge in [-0.2, -0.15) is 5.10 Å². The third-order valence-corrected chi connectivity index (χ3v) is 4.15. The predicted molar refractivity (Wildman–Crippen MR) is 99.0 cm³/mol. The second kappa shape index (κ2) is 7.12. The van der Waals surface area contributed by atoms with E-state index in [2.05, 4.69) is 25.9 Å². The van der Waals surface area contributed by atoms with Crippen molar-refractivity contribution in [3.8, 4) is 5.69 Å². The van der Waals surface area contributed by atoms with Gasteiger partial charge in [-0.05, 0) is 35.9 Å². The lowest BCUT2D eigenvalue weighted by Crippen LogP contribution is -2.42. The molecule has 8 heteroatoms. The van der Waals surface area contributed by atoms with Gasteiger partial charge in [-0.15, -0.1) is 0 Å². The van der Waals surface area contributed by atoms with Gasteiger partial charge in [0.1, 0.15) is 12.7 Å². The number of amides is 2. The van der Waals surface area contributed by atoms with Crippen molar-refractivity contribution in [1.29, 1.82) is 0 Å². The summed E-state index contributed by atoms with van der Waals surface area (Å²) in [5.41, 5.74) is 7.92. The summed E-state index contributed by atoms with van der Waals surface area (Å²) >= 11 is 0. The summed E-state index contributed by atoms with van der Waals surface area (Å²) in [5.74, 6) is -0.695. The monoisotopic (exact) mass is 360 g/mol. The van der Waals surface area contributed by atoms with Gasteiger partial charge in [0.25, 0.3) is 5.91 Å². The van der Waals surface area contributed by atoms with Gasteiger partial charge in [-0.1, -0.05) is 18.2 Å². The van der Waals surface area contributed by atoms with Crippen LogP contribution < -0.4 is 10.9 Å². The molecule has 0 radical (unpaired) electrons. The Kier molecular flexibility index (Phi) is 4.36. The molecule has 2 amide bonds. The third kappa shape index (κ3) is 3.54. The summed E-state index contributed by atoms with van der Waals surface area (Å²) in [4.78, 5) is 31.3. The van der Waals surface area contributed by atoms with Crippen LogP contribution in [0.25, 0.3) is 16.6 Å². The molecule has 0 bridgehead atoms.